The van der Waals surface area contributed by atoms with Crippen LogP contribution in [0.2, 0.25) is 5.02 Å². The first kappa shape index (κ1) is 13.5. The molecule has 1 aliphatic heterocycles. The summed E-state index contributed by atoms with van der Waals surface area (Å²) in [6.07, 6.45) is 2.68. The van der Waals surface area contributed by atoms with Crippen LogP contribution in [0.3, 0.4) is 0 Å². The van der Waals surface area contributed by atoms with Crippen molar-refractivity contribution in [2.45, 2.75) is 17.7 Å². The molecule has 2 heterocycles. The fourth-order valence-electron chi connectivity index (χ4n) is 2.19. The maximum Gasteiger partial charge on any atom is 0.233 e. The molecular weight excluding hydrogens is 296 g/mol. The minimum absolute atomic E-state index is 0.0184. The summed E-state index contributed by atoms with van der Waals surface area (Å²) in [5, 5.41) is 4.44. The number of fused-ring (bicyclic) bond motifs is 1. The Bertz CT molecular complexity index is 616. The highest BCUT2D eigenvalue weighted by Crippen LogP contribution is 2.36. The van der Waals surface area contributed by atoms with E-state index in [1.165, 1.54) is 6.26 Å². The van der Waals surface area contributed by atoms with Gasteiger partial charge in [-0.25, -0.2) is 0 Å². The van der Waals surface area contributed by atoms with Crippen LogP contribution in [0.25, 0.3) is 0 Å². The van der Waals surface area contributed by atoms with Gasteiger partial charge in [0.25, 0.3) is 0 Å². The first-order chi connectivity index (χ1) is 9.74. The molecule has 0 spiro atoms. The van der Waals surface area contributed by atoms with Gasteiger partial charge >= 0.3 is 0 Å². The topological polar surface area (TPSA) is 46.3 Å². The lowest BCUT2D eigenvalue weighted by molar-refractivity contribution is -0.118. The summed E-state index contributed by atoms with van der Waals surface area (Å²) in [5.74, 6) is 1.02. The SMILES string of the molecule is O=C(Cc1ccon1)N1CCCSc2ccc(Cl)cc21. The Balaban J connectivity index is 1.89. The van der Waals surface area contributed by atoms with E-state index < -0.39 is 0 Å². The molecule has 0 bridgehead atoms. The molecule has 0 unspecified atom stereocenters. The number of carbonyl (C=O) groups excluding carboxylic acids is 1. The number of halogens is 1. The van der Waals surface area contributed by atoms with Crippen LogP contribution in [0, 0.1) is 0 Å². The van der Waals surface area contributed by atoms with Crippen molar-refractivity contribution >= 4 is 35.0 Å². The third-order valence-electron chi connectivity index (χ3n) is 3.12. The van der Waals surface area contributed by atoms with Gasteiger partial charge in [0.2, 0.25) is 5.91 Å². The third-order valence-corrected chi connectivity index (χ3v) is 4.50. The van der Waals surface area contributed by atoms with Crippen molar-refractivity contribution in [3.8, 4) is 0 Å². The van der Waals surface area contributed by atoms with E-state index in [-0.39, 0.29) is 12.3 Å². The first-order valence-corrected chi connectivity index (χ1v) is 7.72. The minimum atomic E-state index is 0.0184. The Morgan fingerprint density at radius 2 is 2.35 bits per heavy atom. The van der Waals surface area contributed by atoms with Crippen LogP contribution in [-0.4, -0.2) is 23.4 Å². The van der Waals surface area contributed by atoms with E-state index in [9.17, 15) is 4.79 Å². The molecule has 1 aliphatic rings. The number of aromatic nitrogens is 1. The molecule has 4 nitrogen and oxygen atoms in total. The molecule has 0 aliphatic carbocycles. The monoisotopic (exact) mass is 308 g/mol. The molecule has 20 heavy (non-hydrogen) atoms. The summed E-state index contributed by atoms with van der Waals surface area (Å²) < 4.78 is 4.77. The maximum absolute atomic E-state index is 12.5. The van der Waals surface area contributed by atoms with Crippen LogP contribution in [0.5, 0.6) is 0 Å². The molecule has 0 saturated carbocycles. The van der Waals surface area contributed by atoms with Crippen molar-refractivity contribution < 1.29 is 9.32 Å². The zero-order valence-corrected chi connectivity index (χ0v) is 12.3. The van der Waals surface area contributed by atoms with E-state index in [2.05, 4.69) is 5.16 Å². The second-order valence-electron chi connectivity index (χ2n) is 4.53. The highest BCUT2D eigenvalue weighted by Gasteiger charge is 2.22. The molecule has 1 aromatic heterocycles. The van der Waals surface area contributed by atoms with Crippen molar-refractivity contribution in [3.63, 3.8) is 0 Å². The second-order valence-corrected chi connectivity index (χ2v) is 6.10. The van der Waals surface area contributed by atoms with E-state index in [4.69, 9.17) is 16.1 Å². The van der Waals surface area contributed by atoms with Gasteiger partial charge in [-0.2, -0.15) is 0 Å². The molecule has 0 radical (unpaired) electrons. The Morgan fingerprint density at radius 1 is 1.45 bits per heavy atom. The number of anilines is 1. The molecule has 0 fully saturated rings. The van der Waals surface area contributed by atoms with E-state index in [0.717, 1.165) is 22.8 Å². The highest BCUT2D eigenvalue weighted by atomic mass is 35.5. The van der Waals surface area contributed by atoms with Gasteiger partial charge in [0.05, 0.1) is 17.8 Å². The Morgan fingerprint density at radius 3 is 3.15 bits per heavy atom. The van der Waals surface area contributed by atoms with Crippen LogP contribution >= 0.6 is 23.4 Å². The summed E-state index contributed by atoms with van der Waals surface area (Å²) in [5.41, 5.74) is 1.55. The van der Waals surface area contributed by atoms with Crippen molar-refractivity contribution in [2.24, 2.45) is 0 Å². The Kier molecular flexibility index (Phi) is 3.98. The molecular formula is C14H13ClN2O2S. The van der Waals surface area contributed by atoms with Crippen molar-refractivity contribution in [3.05, 3.63) is 41.2 Å². The third kappa shape index (κ3) is 2.83. The standard InChI is InChI=1S/C14H13ClN2O2S/c15-10-2-3-13-12(8-10)17(5-1-7-20-13)14(18)9-11-4-6-19-16-11/h2-4,6,8H,1,5,7,9H2. The maximum atomic E-state index is 12.5. The van der Waals surface area contributed by atoms with Crippen molar-refractivity contribution in [2.75, 3.05) is 17.2 Å². The molecule has 0 atom stereocenters. The van der Waals surface area contributed by atoms with Crippen LogP contribution in [0.15, 0.2) is 39.9 Å². The fraction of sp³-hybridized carbons (Fsp3) is 0.286. The van der Waals surface area contributed by atoms with Gasteiger partial charge in [-0.15, -0.1) is 11.8 Å². The molecule has 3 rings (SSSR count). The van der Waals surface area contributed by atoms with Gasteiger partial charge in [0.15, 0.2) is 0 Å². The van der Waals surface area contributed by atoms with Crippen molar-refractivity contribution in [1.82, 2.24) is 5.16 Å². The molecule has 104 valence electrons. The lowest BCUT2D eigenvalue weighted by Crippen LogP contribution is -2.33. The molecule has 1 aromatic carbocycles. The van der Waals surface area contributed by atoms with E-state index >= 15 is 0 Å². The van der Waals surface area contributed by atoms with Gasteiger partial charge in [-0.05, 0) is 30.4 Å². The second kappa shape index (κ2) is 5.89. The van der Waals surface area contributed by atoms with E-state index in [1.807, 2.05) is 18.2 Å². The average molecular weight is 309 g/mol. The van der Waals surface area contributed by atoms with Crippen LogP contribution in [0.4, 0.5) is 5.69 Å². The molecule has 6 heteroatoms. The lowest BCUT2D eigenvalue weighted by Gasteiger charge is -2.22. The molecule has 0 N–H and O–H groups in total. The van der Waals surface area contributed by atoms with Crippen LogP contribution < -0.4 is 4.90 Å². The fourth-order valence-corrected chi connectivity index (χ4v) is 3.33. The predicted octanol–water partition coefficient (Wildman–Crippen LogP) is 3.40. The summed E-state index contributed by atoms with van der Waals surface area (Å²) in [6, 6.07) is 7.41. The lowest BCUT2D eigenvalue weighted by atomic mass is 10.2. The summed E-state index contributed by atoms with van der Waals surface area (Å²) in [7, 11) is 0. The van der Waals surface area contributed by atoms with E-state index in [0.29, 0.717) is 17.3 Å². The number of benzene rings is 1. The Labute approximate surface area is 126 Å². The summed E-state index contributed by atoms with van der Waals surface area (Å²) in [6.45, 7) is 0.705. The summed E-state index contributed by atoms with van der Waals surface area (Å²) >= 11 is 7.83. The number of rotatable bonds is 2. The molecule has 0 saturated heterocycles. The average Bonchev–Trinajstić information content (AvgIpc) is 2.84. The number of hydrogen-bond acceptors (Lipinski definition) is 4. The van der Waals surface area contributed by atoms with E-state index in [1.54, 1.807) is 22.7 Å². The highest BCUT2D eigenvalue weighted by molar-refractivity contribution is 7.99. The van der Waals surface area contributed by atoms with Gasteiger partial charge in [0, 0.05) is 22.5 Å². The summed E-state index contributed by atoms with van der Waals surface area (Å²) in [4.78, 5) is 15.4. The molecule has 1 amide bonds. The number of nitrogens with zero attached hydrogens (tertiary/aromatic N) is 2. The predicted molar refractivity (Wildman–Crippen MR) is 79.4 cm³/mol. The smallest absolute Gasteiger partial charge is 0.233 e. The van der Waals surface area contributed by atoms with Crippen LogP contribution in [0.1, 0.15) is 12.1 Å². The molecule has 2 aromatic rings. The first-order valence-electron chi connectivity index (χ1n) is 6.36. The zero-order valence-electron chi connectivity index (χ0n) is 10.7. The normalized spacial score (nSPS) is 14.8. The Hall–Kier alpha value is -1.46. The van der Waals surface area contributed by atoms with Gasteiger partial charge < -0.3 is 9.42 Å². The quantitative estimate of drug-likeness (QED) is 0.853. The largest absolute Gasteiger partial charge is 0.364 e. The van der Waals surface area contributed by atoms with Gasteiger partial charge in [-0.1, -0.05) is 16.8 Å². The van der Waals surface area contributed by atoms with Gasteiger partial charge in [-0.3, -0.25) is 4.79 Å². The number of carbonyl (C=O) groups is 1. The number of hydrogen-bond donors (Lipinski definition) is 0. The van der Waals surface area contributed by atoms with Crippen molar-refractivity contribution in [1.29, 1.82) is 0 Å². The zero-order chi connectivity index (χ0) is 13.9. The number of thioether (sulfide) groups is 1. The van der Waals surface area contributed by atoms with Crippen LogP contribution in [-0.2, 0) is 11.2 Å². The van der Waals surface area contributed by atoms with Gasteiger partial charge in [0.1, 0.15) is 6.26 Å². The number of amides is 1. The minimum Gasteiger partial charge on any atom is -0.364 e.